The van der Waals surface area contributed by atoms with E-state index in [1.165, 1.54) is 17.8 Å². The third-order valence-corrected chi connectivity index (χ3v) is 3.85. The number of carbonyl (C=O) groups excluding carboxylic acids is 1. The maximum Gasteiger partial charge on any atom is 0.251 e. The summed E-state index contributed by atoms with van der Waals surface area (Å²) in [5.41, 5.74) is 1.08. The summed E-state index contributed by atoms with van der Waals surface area (Å²) in [5.74, 6) is 0.557. The fourth-order valence-electron chi connectivity index (χ4n) is 1.75. The molecule has 0 radical (unpaired) electrons. The van der Waals surface area contributed by atoms with Gasteiger partial charge in [-0.3, -0.25) is 9.59 Å². The zero-order valence-corrected chi connectivity index (χ0v) is 13.4. The highest BCUT2D eigenvalue weighted by Crippen LogP contribution is 2.21. The SMILES string of the molecule is COc1ccc(NC(=O)C(C)Sc2nc(C)cc(=O)[nH]2)cc1. The van der Waals surface area contributed by atoms with Crippen molar-refractivity contribution in [3.05, 3.63) is 46.4 Å². The second-order valence-electron chi connectivity index (χ2n) is 4.67. The van der Waals surface area contributed by atoms with Crippen molar-refractivity contribution in [1.29, 1.82) is 0 Å². The number of nitrogens with zero attached hydrogens (tertiary/aromatic N) is 1. The van der Waals surface area contributed by atoms with Gasteiger partial charge >= 0.3 is 0 Å². The molecule has 116 valence electrons. The molecule has 0 aliphatic carbocycles. The van der Waals surface area contributed by atoms with Gasteiger partial charge in [-0.25, -0.2) is 4.98 Å². The first-order chi connectivity index (χ1) is 10.5. The van der Waals surface area contributed by atoms with Crippen LogP contribution in [0, 0.1) is 6.92 Å². The first-order valence-electron chi connectivity index (χ1n) is 6.67. The number of ether oxygens (including phenoxy) is 1. The Labute approximate surface area is 132 Å². The molecule has 0 bridgehead atoms. The minimum absolute atomic E-state index is 0.167. The van der Waals surface area contributed by atoms with Gasteiger partial charge in [0.15, 0.2) is 5.16 Å². The molecule has 0 saturated heterocycles. The third-order valence-electron chi connectivity index (χ3n) is 2.86. The molecule has 0 aliphatic heterocycles. The normalized spacial score (nSPS) is 11.8. The van der Waals surface area contributed by atoms with Crippen molar-refractivity contribution in [2.24, 2.45) is 0 Å². The van der Waals surface area contributed by atoms with Gasteiger partial charge in [-0.05, 0) is 38.1 Å². The summed E-state index contributed by atoms with van der Waals surface area (Å²) >= 11 is 1.20. The quantitative estimate of drug-likeness (QED) is 0.652. The van der Waals surface area contributed by atoms with Crippen molar-refractivity contribution in [1.82, 2.24) is 9.97 Å². The number of rotatable bonds is 5. The first kappa shape index (κ1) is 16.1. The Morgan fingerprint density at radius 1 is 1.36 bits per heavy atom. The minimum Gasteiger partial charge on any atom is -0.497 e. The van der Waals surface area contributed by atoms with Crippen molar-refractivity contribution in [2.75, 3.05) is 12.4 Å². The molecule has 0 spiro atoms. The van der Waals surface area contributed by atoms with E-state index in [9.17, 15) is 9.59 Å². The molecule has 6 nitrogen and oxygen atoms in total. The van der Waals surface area contributed by atoms with E-state index in [-0.39, 0.29) is 11.5 Å². The maximum atomic E-state index is 12.2. The van der Waals surface area contributed by atoms with Crippen LogP contribution in [0.15, 0.2) is 40.3 Å². The van der Waals surface area contributed by atoms with Crippen molar-refractivity contribution in [2.45, 2.75) is 24.3 Å². The maximum absolute atomic E-state index is 12.2. The topological polar surface area (TPSA) is 84.1 Å². The largest absolute Gasteiger partial charge is 0.497 e. The van der Waals surface area contributed by atoms with Gasteiger partial charge in [0.1, 0.15) is 5.75 Å². The molecule has 1 atom stereocenters. The molecule has 0 saturated carbocycles. The summed E-state index contributed by atoms with van der Waals surface area (Å²) in [6.45, 7) is 3.49. The number of aromatic nitrogens is 2. The average molecular weight is 319 g/mol. The summed E-state index contributed by atoms with van der Waals surface area (Å²) < 4.78 is 5.06. The van der Waals surface area contributed by atoms with Gasteiger partial charge in [-0.1, -0.05) is 11.8 Å². The van der Waals surface area contributed by atoms with E-state index in [1.54, 1.807) is 45.2 Å². The molecular formula is C15H17N3O3S. The van der Waals surface area contributed by atoms with Crippen LogP contribution in [0.1, 0.15) is 12.6 Å². The van der Waals surface area contributed by atoms with Gasteiger partial charge in [0.05, 0.1) is 12.4 Å². The Morgan fingerprint density at radius 2 is 2.05 bits per heavy atom. The highest BCUT2D eigenvalue weighted by atomic mass is 32.2. The molecule has 2 N–H and O–H groups in total. The molecular weight excluding hydrogens is 302 g/mol. The summed E-state index contributed by atoms with van der Waals surface area (Å²) in [5, 5.41) is 2.84. The lowest BCUT2D eigenvalue weighted by molar-refractivity contribution is -0.115. The number of nitrogens with one attached hydrogen (secondary N) is 2. The fourth-order valence-corrected chi connectivity index (χ4v) is 2.60. The Balaban J connectivity index is 2.00. The number of benzene rings is 1. The molecule has 1 aromatic carbocycles. The molecule has 0 fully saturated rings. The zero-order chi connectivity index (χ0) is 16.1. The van der Waals surface area contributed by atoms with Gasteiger partial charge in [0, 0.05) is 17.4 Å². The van der Waals surface area contributed by atoms with Gasteiger partial charge in [-0.15, -0.1) is 0 Å². The molecule has 22 heavy (non-hydrogen) atoms. The number of methoxy groups -OCH3 is 1. The van der Waals surface area contributed by atoms with Crippen LogP contribution < -0.4 is 15.6 Å². The van der Waals surface area contributed by atoms with E-state index in [0.717, 1.165) is 5.75 Å². The van der Waals surface area contributed by atoms with E-state index in [0.29, 0.717) is 16.5 Å². The highest BCUT2D eigenvalue weighted by molar-refractivity contribution is 8.00. The predicted octanol–water partition coefficient (Wildman–Crippen LogP) is 2.21. The van der Waals surface area contributed by atoms with Crippen LogP contribution in [-0.4, -0.2) is 28.2 Å². The Kier molecular flexibility index (Phi) is 5.21. The van der Waals surface area contributed by atoms with E-state index < -0.39 is 5.25 Å². The van der Waals surface area contributed by atoms with Crippen molar-refractivity contribution in [3.63, 3.8) is 0 Å². The van der Waals surface area contributed by atoms with E-state index >= 15 is 0 Å². The van der Waals surface area contributed by atoms with E-state index in [2.05, 4.69) is 15.3 Å². The second-order valence-corrected chi connectivity index (χ2v) is 6.00. The molecule has 1 aromatic heterocycles. The zero-order valence-electron chi connectivity index (χ0n) is 12.5. The van der Waals surface area contributed by atoms with Crippen LogP contribution in [-0.2, 0) is 4.79 Å². The van der Waals surface area contributed by atoms with Crippen molar-refractivity contribution >= 4 is 23.4 Å². The van der Waals surface area contributed by atoms with Gasteiger partial charge in [-0.2, -0.15) is 0 Å². The fraction of sp³-hybridized carbons (Fsp3) is 0.267. The van der Waals surface area contributed by atoms with E-state index in [1.807, 2.05) is 0 Å². The number of aromatic amines is 1. The Hall–Kier alpha value is -2.28. The second kappa shape index (κ2) is 7.13. The summed E-state index contributed by atoms with van der Waals surface area (Å²) in [4.78, 5) is 30.4. The molecule has 1 amide bonds. The van der Waals surface area contributed by atoms with Crippen LogP contribution >= 0.6 is 11.8 Å². The lowest BCUT2D eigenvalue weighted by Gasteiger charge is -2.11. The number of amides is 1. The molecule has 0 aliphatic rings. The van der Waals surface area contributed by atoms with Gasteiger partial charge in [0.2, 0.25) is 5.91 Å². The molecule has 7 heteroatoms. The number of thioether (sulfide) groups is 1. The summed E-state index contributed by atoms with van der Waals surface area (Å²) in [6.07, 6.45) is 0. The lowest BCUT2D eigenvalue weighted by Crippen LogP contribution is -2.23. The number of H-pyrrole nitrogens is 1. The molecule has 2 aromatic rings. The summed E-state index contributed by atoms with van der Waals surface area (Å²) in [6, 6.07) is 8.48. The Bertz CT molecular complexity index is 713. The van der Waals surface area contributed by atoms with Crippen LogP contribution in [0.2, 0.25) is 0 Å². The summed E-state index contributed by atoms with van der Waals surface area (Å²) in [7, 11) is 1.59. The number of anilines is 1. The smallest absolute Gasteiger partial charge is 0.251 e. The number of hydrogen-bond donors (Lipinski definition) is 2. The number of carbonyl (C=O) groups is 1. The van der Waals surface area contributed by atoms with Crippen LogP contribution in [0.4, 0.5) is 5.69 Å². The standard InChI is InChI=1S/C15H17N3O3S/c1-9-8-13(19)18-15(16-9)22-10(2)14(20)17-11-4-6-12(21-3)7-5-11/h4-8,10H,1-3H3,(H,17,20)(H,16,18,19). The van der Waals surface area contributed by atoms with Gasteiger partial charge in [0.25, 0.3) is 5.56 Å². The number of hydrogen-bond acceptors (Lipinski definition) is 5. The predicted molar refractivity (Wildman–Crippen MR) is 86.5 cm³/mol. The lowest BCUT2D eigenvalue weighted by atomic mass is 10.3. The van der Waals surface area contributed by atoms with Gasteiger partial charge < -0.3 is 15.0 Å². The minimum atomic E-state index is -0.396. The molecule has 2 rings (SSSR count). The van der Waals surface area contributed by atoms with E-state index in [4.69, 9.17) is 4.74 Å². The average Bonchev–Trinajstić information content (AvgIpc) is 2.46. The van der Waals surface area contributed by atoms with Crippen LogP contribution in [0.5, 0.6) is 5.75 Å². The highest BCUT2D eigenvalue weighted by Gasteiger charge is 2.16. The van der Waals surface area contributed by atoms with Crippen molar-refractivity contribution in [3.8, 4) is 5.75 Å². The van der Waals surface area contributed by atoms with Crippen LogP contribution in [0.25, 0.3) is 0 Å². The first-order valence-corrected chi connectivity index (χ1v) is 7.55. The Morgan fingerprint density at radius 3 is 2.64 bits per heavy atom. The third kappa shape index (κ3) is 4.36. The monoisotopic (exact) mass is 319 g/mol. The molecule has 1 heterocycles. The number of aryl methyl sites for hydroxylation is 1. The molecule has 1 unspecified atom stereocenters. The van der Waals surface area contributed by atoms with Crippen LogP contribution in [0.3, 0.4) is 0 Å². The van der Waals surface area contributed by atoms with Crippen molar-refractivity contribution < 1.29 is 9.53 Å².